The van der Waals surface area contributed by atoms with Crippen molar-refractivity contribution >= 4 is 23.4 Å². The molecular weight excluding hydrogens is 358 g/mol. The van der Waals surface area contributed by atoms with Gasteiger partial charge in [0.2, 0.25) is 0 Å². The van der Waals surface area contributed by atoms with E-state index in [1.807, 2.05) is 30.3 Å². The van der Waals surface area contributed by atoms with Crippen molar-refractivity contribution in [3.05, 3.63) is 77.5 Å². The van der Waals surface area contributed by atoms with Gasteiger partial charge in [0.1, 0.15) is 5.70 Å². The summed E-state index contributed by atoms with van der Waals surface area (Å²) < 4.78 is 0. The number of carbonyl (C=O) groups is 3. The van der Waals surface area contributed by atoms with Crippen LogP contribution >= 0.6 is 0 Å². The van der Waals surface area contributed by atoms with Crippen LogP contribution in [0, 0.1) is 0 Å². The second-order valence-electron chi connectivity index (χ2n) is 6.39. The van der Waals surface area contributed by atoms with Crippen molar-refractivity contribution < 1.29 is 19.5 Å². The lowest BCUT2D eigenvalue weighted by molar-refractivity contribution is -0.137. The first-order valence-electron chi connectivity index (χ1n) is 8.85. The molecule has 144 valence electrons. The van der Waals surface area contributed by atoms with Gasteiger partial charge in [-0.2, -0.15) is 0 Å². The van der Waals surface area contributed by atoms with E-state index in [9.17, 15) is 14.4 Å². The molecular formula is C21H21N3O4. The minimum absolute atomic E-state index is 0.0697. The number of aliphatic hydroxyl groups is 1. The zero-order chi connectivity index (χ0) is 20.1. The van der Waals surface area contributed by atoms with Crippen LogP contribution in [0.25, 0.3) is 0 Å². The molecule has 3 rings (SSSR count). The Morgan fingerprint density at radius 3 is 2.46 bits per heavy atom. The van der Waals surface area contributed by atoms with Crippen LogP contribution in [0.3, 0.4) is 0 Å². The maximum atomic E-state index is 12.9. The van der Waals surface area contributed by atoms with Crippen molar-refractivity contribution in [2.45, 2.75) is 6.54 Å². The minimum atomic E-state index is -0.529. The normalized spacial score (nSPS) is 13.5. The molecule has 0 radical (unpaired) electrons. The second-order valence-corrected chi connectivity index (χ2v) is 6.39. The molecule has 0 saturated carbocycles. The first-order valence-corrected chi connectivity index (χ1v) is 8.85. The van der Waals surface area contributed by atoms with Gasteiger partial charge in [-0.3, -0.25) is 19.3 Å². The molecule has 0 aliphatic carbocycles. The molecule has 1 aliphatic heterocycles. The van der Waals surface area contributed by atoms with Crippen molar-refractivity contribution in [2.24, 2.45) is 0 Å². The number of hydrogen-bond donors (Lipinski definition) is 2. The second kappa shape index (κ2) is 8.49. The van der Waals surface area contributed by atoms with Crippen LogP contribution in [-0.2, 0) is 16.1 Å². The van der Waals surface area contributed by atoms with E-state index in [1.165, 1.54) is 6.08 Å². The van der Waals surface area contributed by atoms with Gasteiger partial charge in [-0.15, -0.1) is 0 Å². The fourth-order valence-corrected chi connectivity index (χ4v) is 2.97. The number of hydrogen-bond acceptors (Lipinski definition) is 5. The summed E-state index contributed by atoms with van der Waals surface area (Å²) in [4.78, 5) is 39.7. The molecule has 0 spiro atoms. The standard InChI is InChI=1S/C21H21N3O4/c1-23(14-15-7-3-2-4-8-15)20(27)16-9-5-6-10-17(16)22-18-13-19(26)24(11-12-25)21(18)28/h2-10,13,22,25H,11-12,14H2,1H3. The molecule has 7 nitrogen and oxygen atoms in total. The first kappa shape index (κ1) is 19.3. The average Bonchev–Trinajstić information content (AvgIpc) is 2.96. The van der Waals surface area contributed by atoms with Crippen molar-refractivity contribution in [1.29, 1.82) is 0 Å². The predicted octanol–water partition coefficient (Wildman–Crippen LogP) is 1.62. The molecule has 7 heteroatoms. The van der Waals surface area contributed by atoms with Crippen molar-refractivity contribution in [3.8, 4) is 0 Å². The summed E-state index contributed by atoms with van der Waals surface area (Å²) in [7, 11) is 1.71. The summed E-state index contributed by atoms with van der Waals surface area (Å²) in [5.74, 6) is -1.23. The molecule has 28 heavy (non-hydrogen) atoms. The Morgan fingerprint density at radius 2 is 1.75 bits per heavy atom. The monoisotopic (exact) mass is 379 g/mol. The highest BCUT2D eigenvalue weighted by Gasteiger charge is 2.31. The average molecular weight is 379 g/mol. The molecule has 2 aromatic carbocycles. The van der Waals surface area contributed by atoms with Gasteiger partial charge in [0.15, 0.2) is 0 Å². The lowest BCUT2D eigenvalue weighted by Gasteiger charge is -2.20. The third-order valence-corrected chi connectivity index (χ3v) is 4.37. The van der Waals surface area contributed by atoms with E-state index in [1.54, 1.807) is 36.2 Å². The van der Waals surface area contributed by atoms with Crippen LogP contribution in [0.15, 0.2) is 66.4 Å². The van der Waals surface area contributed by atoms with Crippen LogP contribution in [0.4, 0.5) is 5.69 Å². The lowest BCUT2D eigenvalue weighted by Crippen LogP contribution is -2.34. The fraction of sp³-hybridized carbons (Fsp3) is 0.190. The van der Waals surface area contributed by atoms with Gasteiger partial charge >= 0.3 is 0 Å². The van der Waals surface area contributed by atoms with Crippen LogP contribution in [-0.4, -0.2) is 52.8 Å². The number of para-hydroxylation sites is 1. The lowest BCUT2D eigenvalue weighted by atomic mass is 10.1. The number of benzene rings is 2. The summed E-state index contributed by atoms with van der Waals surface area (Å²) in [6.07, 6.45) is 1.17. The van der Waals surface area contributed by atoms with Gasteiger partial charge in [-0.05, 0) is 17.7 Å². The van der Waals surface area contributed by atoms with Gasteiger partial charge in [-0.1, -0.05) is 42.5 Å². The highest BCUT2D eigenvalue weighted by atomic mass is 16.3. The maximum absolute atomic E-state index is 12.9. The topological polar surface area (TPSA) is 90.0 Å². The molecule has 0 atom stereocenters. The number of imide groups is 1. The van der Waals surface area contributed by atoms with E-state index in [0.29, 0.717) is 17.8 Å². The Morgan fingerprint density at radius 1 is 1.07 bits per heavy atom. The molecule has 0 unspecified atom stereocenters. The summed E-state index contributed by atoms with van der Waals surface area (Å²) in [5, 5.41) is 11.9. The number of nitrogens with zero attached hydrogens (tertiary/aromatic N) is 2. The predicted molar refractivity (Wildman–Crippen MR) is 104 cm³/mol. The third kappa shape index (κ3) is 4.10. The Hall–Kier alpha value is -3.45. The smallest absolute Gasteiger partial charge is 0.277 e. The number of amides is 3. The molecule has 0 fully saturated rings. The van der Waals surface area contributed by atoms with Crippen molar-refractivity contribution in [2.75, 3.05) is 25.5 Å². The summed E-state index contributed by atoms with van der Waals surface area (Å²) in [6.45, 7) is 0.0656. The fourth-order valence-electron chi connectivity index (χ4n) is 2.97. The van der Waals surface area contributed by atoms with Crippen LogP contribution in [0.2, 0.25) is 0 Å². The third-order valence-electron chi connectivity index (χ3n) is 4.37. The highest BCUT2D eigenvalue weighted by Crippen LogP contribution is 2.22. The Balaban J connectivity index is 1.78. The van der Waals surface area contributed by atoms with E-state index in [-0.39, 0.29) is 24.8 Å². The van der Waals surface area contributed by atoms with Crippen molar-refractivity contribution in [3.63, 3.8) is 0 Å². The van der Waals surface area contributed by atoms with Crippen LogP contribution < -0.4 is 5.32 Å². The number of carbonyl (C=O) groups excluding carboxylic acids is 3. The molecule has 0 saturated heterocycles. The van der Waals surface area contributed by atoms with Gasteiger partial charge in [0, 0.05) is 19.7 Å². The largest absolute Gasteiger partial charge is 0.395 e. The van der Waals surface area contributed by atoms with E-state index in [2.05, 4.69) is 5.32 Å². The number of rotatable bonds is 7. The Bertz CT molecular complexity index is 924. The molecule has 1 heterocycles. The van der Waals surface area contributed by atoms with E-state index in [0.717, 1.165) is 10.5 Å². The van der Waals surface area contributed by atoms with Crippen molar-refractivity contribution in [1.82, 2.24) is 9.80 Å². The number of anilines is 1. The van der Waals surface area contributed by atoms with Gasteiger partial charge in [0.25, 0.3) is 17.7 Å². The number of nitrogens with one attached hydrogen (secondary N) is 1. The molecule has 1 aliphatic rings. The molecule has 2 aromatic rings. The summed E-state index contributed by atoms with van der Waals surface area (Å²) in [6, 6.07) is 16.4. The summed E-state index contributed by atoms with van der Waals surface area (Å²) >= 11 is 0. The van der Waals surface area contributed by atoms with Gasteiger partial charge in [0.05, 0.1) is 24.4 Å². The number of β-amino-alcohol motifs (C(OH)–C–C–N with tert-alkyl or cyclic N) is 1. The Kier molecular flexibility index (Phi) is 5.86. The quantitative estimate of drug-likeness (QED) is 0.714. The SMILES string of the molecule is CN(Cc1ccccc1)C(=O)c1ccccc1NC1=CC(=O)N(CCO)C1=O. The van der Waals surface area contributed by atoms with E-state index in [4.69, 9.17) is 5.11 Å². The molecule has 3 amide bonds. The number of aliphatic hydroxyl groups excluding tert-OH is 1. The molecule has 0 aromatic heterocycles. The molecule has 2 N–H and O–H groups in total. The first-order chi connectivity index (χ1) is 13.5. The van der Waals surface area contributed by atoms with Crippen LogP contribution in [0.1, 0.15) is 15.9 Å². The van der Waals surface area contributed by atoms with E-state index < -0.39 is 11.8 Å². The van der Waals surface area contributed by atoms with Crippen LogP contribution in [0.5, 0.6) is 0 Å². The van der Waals surface area contributed by atoms with E-state index >= 15 is 0 Å². The maximum Gasteiger partial charge on any atom is 0.277 e. The zero-order valence-electron chi connectivity index (χ0n) is 15.5. The summed E-state index contributed by atoms with van der Waals surface area (Å²) in [5.41, 5.74) is 1.90. The Labute approximate surface area is 162 Å². The molecule has 0 bridgehead atoms. The van der Waals surface area contributed by atoms with Gasteiger partial charge in [-0.25, -0.2) is 0 Å². The highest BCUT2D eigenvalue weighted by molar-refractivity contribution is 6.17. The minimum Gasteiger partial charge on any atom is -0.395 e. The van der Waals surface area contributed by atoms with Gasteiger partial charge < -0.3 is 15.3 Å². The zero-order valence-corrected chi connectivity index (χ0v) is 15.5.